The maximum Gasteiger partial charge on any atom is 0.303 e. The molecule has 2 rings (SSSR count). The molecule has 0 unspecified atom stereocenters. The van der Waals surface area contributed by atoms with Crippen molar-refractivity contribution in [2.75, 3.05) is 6.54 Å². The molecule has 0 radical (unpaired) electrons. The summed E-state index contributed by atoms with van der Waals surface area (Å²) >= 11 is 0. The van der Waals surface area contributed by atoms with Crippen LogP contribution >= 0.6 is 0 Å². The van der Waals surface area contributed by atoms with Crippen LogP contribution in [0, 0.1) is 19.3 Å². The predicted octanol–water partition coefficient (Wildman–Crippen LogP) is 1.21. The number of hydrogen-bond donors (Lipinski definition) is 2. The van der Waals surface area contributed by atoms with E-state index in [9.17, 15) is 13.2 Å². The number of nitrogens with one attached hydrogen (secondary N) is 1. The van der Waals surface area contributed by atoms with Gasteiger partial charge >= 0.3 is 5.97 Å². The number of aliphatic carboxylic acids is 1. The van der Waals surface area contributed by atoms with Crippen LogP contribution in [0.1, 0.15) is 37.1 Å². The van der Waals surface area contributed by atoms with Gasteiger partial charge in [0.15, 0.2) is 5.76 Å². The van der Waals surface area contributed by atoms with Gasteiger partial charge in [-0.05, 0) is 32.1 Å². The molecule has 7 nitrogen and oxygen atoms in total. The van der Waals surface area contributed by atoms with Crippen molar-refractivity contribution in [3.63, 3.8) is 0 Å². The molecule has 0 aromatic carbocycles. The summed E-state index contributed by atoms with van der Waals surface area (Å²) in [7, 11) is -3.72. The van der Waals surface area contributed by atoms with Crippen molar-refractivity contribution in [2.24, 2.45) is 5.41 Å². The Morgan fingerprint density at radius 3 is 2.50 bits per heavy atom. The molecule has 0 spiro atoms. The fourth-order valence-electron chi connectivity index (χ4n) is 2.59. The minimum atomic E-state index is -3.72. The topological polar surface area (TPSA) is 110 Å². The summed E-state index contributed by atoms with van der Waals surface area (Å²) in [6, 6.07) is 0. The minimum absolute atomic E-state index is 0.0167. The quantitative estimate of drug-likeness (QED) is 0.817. The van der Waals surface area contributed by atoms with Crippen molar-refractivity contribution in [2.45, 2.75) is 44.4 Å². The molecule has 1 saturated carbocycles. The van der Waals surface area contributed by atoms with Gasteiger partial charge in [0.1, 0.15) is 10.6 Å². The van der Waals surface area contributed by atoms with Crippen LogP contribution in [0.3, 0.4) is 0 Å². The van der Waals surface area contributed by atoms with Gasteiger partial charge in [-0.1, -0.05) is 11.6 Å². The molecule has 1 aromatic heterocycles. The molecule has 0 aliphatic heterocycles. The number of carboxylic acids is 1. The summed E-state index contributed by atoms with van der Waals surface area (Å²) in [5, 5.41) is 12.5. The Kier molecular flexibility index (Phi) is 3.88. The predicted molar refractivity (Wildman–Crippen MR) is 69.7 cm³/mol. The van der Waals surface area contributed by atoms with Crippen LogP contribution in [0.5, 0.6) is 0 Å². The van der Waals surface area contributed by atoms with E-state index in [1.165, 1.54) is 6.92 Å². The van der Waals surface area contributed by atoms with Crippen molar-refractivity contribution < 1.29 is 22.8 Å². The zero-order chi connectivity index (χ0) is 15.0. The number of carboxylic acid groups (broad SMARTS) is 1. The average molecular weight is 302 g/mol. The first-order chi connectivity index (χ1) is 9.26. The molecule has 0 amide bonds. The van der Waals surface area contributed by atoms with Crippen LogP contribution in [-0.4, -0.2) is 31.2 Å². The van der Waals surface area contributed by atoms with Crippen LogP contribution in [0.2, 0.25) is 0 Å². The van der Waals surface area contributed by atoms with Crippen molar-refractivity contribution in [1.82, 2.24) is 9.88 Å². The maximum atomic E-state index is 12.2. The molecule has 1 aliphatic carbocycles. The second-order valence-electron chi connectivity index (χ2n) is 5.40. The first-order valence-corrected chi connectivity index (χ1v) is 7.88. The van der Waals surface area contributed by atoms with Crippen LogP contribution in [-0.2, 0) is 14.8 Å². The Hall–Kier alpha value is -1.41. The van der Waals surface area contributed by atoms with E-state index in [0.29, 0.717) is 5.69 Å². The second kappa shape index (κ2) is 5.17. The SMILES string of the molecule is Cc1noc(C)c1S(=O)(=O)NCC1(CC(=O)O)CCC1. The maximum absolute atomic E-state index is 12.2. The van der Waals surface area contributed by atoms with Gasteiger partial charge in [0.05, 0.1) is 6.42 Å². The van der Waals surface area contributed by atoms with Crippen molar-refractivity contribution in [3.05, 3.63) is 11.5 Å². The highest BCUT2D eigenvalue weighted by Gasteiger charge is 2.40. The summed E-state index contributed by atoms with van der Waals surface area (Å²) in [6.45, 7) is 3.22. The number of hydrogen-bond acceptors (Lipinski definition) is 5. The second-order valence-corrected chi connectivity index (χ2v) is 7.11. The van der Waals surface area contributed by atoms with Crippen molar-refractivity contribution in [1.29, 1.82) is 0 Å². The van der Waals surface area contributed by atoms with E-state index in [1.807, 2.05) is 0 Å². The normalized spacial score (nSPS) is 17.7. The molecule has 0 saturated heterocycles. The Bertz CT molecular complexity index is 596. The molecule has 112 valence electrons. The fraction of sp³-hybridized carbons (Fsp3) is 0.667. The molecule has 1 aromatic rings. The van der Waals surface area contributed by atoms with E-state index in [0.717, 1.165) is 19.3 Å². The van der Waals surface area contributed by atoms with Crippen molar-refractivity contribution in [3.8, 4) is 0 Å². The zero-order valence-electron chi connectivity index (χ0n) is 11.5. The monoisotopic (exact) mass is 302 g/mol. The summed E-state index contributed by atoms with van der Waals surface area (Å²) in [5.41, 5.74) is -0.159. The standard InChI is InChI=1S/C12H18N2O5S/c1-8-11(9(2)19-14-8)20(17,18)13-7-12(4-3-5-12)6-10(15)16/h13H,3-7H2,1-2H3,(H,15,16). The van der Waals surface area contributed by atoms with Gasteiger partial charge in [0.25, 0.3) is 0 Å². The van der Waals surface area contributed by atoms with Crippen LogP contribution < -0.4 is 4.72 Å². The summed E-state index contributed by atoms with van der Waals surface area (Å²) < 4.78 is 31.9. The summed E-state index contributed by atoms with van der Waals surface area (Å²) in [6.07, 6.45) is 2.37. The van der Waals surface area contributed by atoms with E-state index in [2.05, 4.69) is 9.88 Å². The van der Waals surface area contributed by atoms with Gasteiger partial charge in [-0.3, -0.25) is 4.79 Å². The Labute approximate surface area is 117 Å². The molecule has 8 heteroatoms. The highest BCUT2D eigenvalue weighted by Crippen LogP contribution is 2.43. The third-order valence-corrected chi connectivity index (χ3v) is 5.46. The molecule has 1 aliphatic rings. The van der Waals surface area contributed by atoms with Gasteiger partial charge < -0.3 is 9.63 Å². The smallest absolute Gasteiger partial charge is 0.303 e. The number of aryl methyl sites for hydroxylation is 2. The number of aromatic nitrogens is 1. The summed E-state index contributed by atoms with van der Waals surface area (Å²) in [5.74, 6) is -0.669. The Morgan fingerprint density at radius 1 is 1.45 bits per heavy atom. The van der Waals surface area contributed by atoms with E-state index >= 15 is 0 Å². The molecule has 0 atom stereocenters. The summed E-state index contributed by atoms with van der Waals surface area (Å²) in [4.78, 5) is 10.9. The highest BCUT2D eigenvalue weighted by atomic mass is 32.2. The zero-order valence-corrected chi connectivity index (χ0v) is 12.3. The van der Waals surface area contributed by atoms with Gasteiger partial charge in [-0.2, -0.15) is 0 Å². The van der Waals surface area contributed by atoms with E-state index in [4.69, 9.17) is 9.63 Å². The van der Waals surface area contributed by atoms with E-state index in [1.54, 1.807) is 6.92 Å². The molecular weight excluding hydrogens is 284 g/mol. The lowest BCUT2D eigenvalue weighted by Gasteiger charge is -2.40. The third kappa shape index (κ3) is 2.85. The number of rotatable bonds is 6. The number of carbonyl (C=O) groups is 1. The number of sulfonamides is 1. The first-order valence-electron chi connectivity index (χ1n) is 6.40. The van der Waals surface area contributed by atoms with E-state index < -0.39 is 21.4 Å². The van der Waals surface area contributed by atoms with Crippen LogP contribution in [0.15, 0.2) is 9.42 Å². The first kappa shape index (κ1) is 15.0. The van der Waals surface area contributed by atoms with Gasteiger partial charge in [-0.25, -0.2) is 13.1 Å². The lowest BCUT2D eigenvalue weighted by atomic mass is 9.67. The molecule has 0 bridgehead atoms. The molecule has 1 fully saturated rings. The number of nitrogens with zero attached hydrogens (tertiary/aromatic N) is 1. The Balaban J connectivity index is 2.12. The molecular formula is C12H18N2O5S. The lowest BCUT2D eigenvalue weighted by molar-refractivity contribution is -0.141. The minimum Gasteiger partial charge on any atom is -0.481 e. The van der Waals surface area contributed by atoms with Gasteiger partial charge in [0.2, 0.25) is 10.0 Å². The van der Waals surface area contributed by atoms with E-state index in [-0.39, 0.29) is 23.6 Å². The lowest BCUT2D eigenvalue weighted by Crippen LogP contribution is -2.43. The van der Waals surface area contributed by atoms with Gasteiger partial charge in [-0.15, -0.1) is 0 Å². The van der Waals surface area contributed by atoms with Crippen LogP contribution in [0.25, 0.3) is 0 Å². The largest absolute Gasteiger partial charge is 0.481 e. The van der Waals surface area contributed by atoms with Crippen LogP contribution in [0.4, 0.5) is 0 Å². The fourth-order valence-corrected chi connectivity index (χ4v) is 4.07. The third-order valence-electron chi connectivity index (χ3n) is 3.81. The van der Waals surface area contributed by atoms with Gasteiger partial charge in [0, 0.05) is 6.54 Å². The Morgan fingerprint density at radius 2 is 2.10 bits per heavy atom. The molecule has 2 N–H and O–H groups in total. The average Bonchev–Trinajstić information content (AvgIpc) is 2.62. The molecule has 20 heavy (non-hydrogen) atoms. The molecule has 1 heterocycles. The van der Waals surface area contributed by atoms with Crippen molar-refractivity contribution >= 4 is 16.0 Å². The highest BCUT2D eigenvalue weighted by molar-refractivity contribution is 7.89.